The first-order valence-corrected chi connectivity index (χ1v) is 9.14. The second-order valence-electron chi connectivity index (χ2n) is 5.34. The molecular weight excluding hydrogens is 327 g/mol. The second-order valence-corrected chi connectivity index (χ2v) is 6.99. The Morgan fingerprint density at radius 2 is 1.78 bits per heavy atom. The van der Waals surface area contributed by atoms with E-state index in [-0.39, 0.29) is 12.1 Å². The number of amides is 1. The summed E-state index contributed by atoms with van der Waals surface area (Å²) in [7, 11) is -5.68. The Bertz CT molecular complexity index is 574. The van der Waals surface area contributed by atoms with Crippen LogP contribution in [-0.2, 0) is 15.0 Å². The Labute approximate surface area is 134 Å². The van der Waals surface area contributed by atoms with Gasteiger partial charge in [0.25, 0.3) is 0 Å². The highest BCUT2D eigenvalue weighted by Crippen LogP contribution is 2.60. The van der Waals surface area contributed by atoms with Crippen molar-refractivity contribution < 1.29 is 27.9 Å². The summed E-state index contributed by atoms with van der Waals surface area (Å²) >= 11 is 0. The average molecular weight is 349 g/mol. The normalized spacial score (nSPS) is 12.2. The lowest BCUT2D eigenvalue weighted by molar-refractivity contribution is -0.116. The predicted molar refractivity (Wildman–Crippen MR) is 84.4 cm³/mol. The van der Waals surface area contributed by atoms with Gasteiger partial charge in [0.1, 0.15) is 0 Å². The highest BCUT2D eigenvalue weighted by Gasteiger charge is 2.51. The van der Waals surface area contributed by atoms with E-state index in [2.05, 4.69) is 12.2 Å². The molecule has 3 N–H and O–H groups in total. The van der Waals surface area contributed by atoms with Crippen LogP contribution in [-0.4, -0.2) is 15.7 Å². The van der Waals surface area contributed by atoms with Crippen molar-refractivity contribution in [3.05, 3.63) is 29.8 Å². The summed E-state index contributed by atoms with van der Waals surface area (Å²) in [4.78, 5) is 29.5. The lowest BCUT2D eigenvalue weighted by atomic mass is 10.1. The summed E-state index contributed by atoms with van der Waals surface area (Å²) < 4.78 is 38.7. The van der Waals surface area contributed by atoms with Crippen LogP contribution in [0.5, 0.6) is 0 Å². The fourth-order valence-corrected chi connectivity index (χ4v) is 2.62. The number of unbranched alkanes of at least 4 members (excludes halogenated alkanes) is 4. The van der Waals surface area contributed by atoms with E-state index in [4.69, 9.17) is 9.79 Å². The summed E-state index contributed by atoms with van der Waals surface area (Å²) in [5, 5.41) is 2.32. The van der Waals surface area contributed by atoms with Crippen molar-refractivity contribution in [2.75, 3.05) is 5.32 Å². The summed E-state index contributed by atoms with van der Waals surface area (Å²) in [6.45, 7) is 2.07. The third kappa shape index (κ3) is 5.68. The Morgan fingerprint density at radius 1 is 1.17 bits per heavy atom. The fourth-order valence-electron chi connectivity index (χ4n) is 2.11. The van der Waals surface area contributed by atoms with E-state index in [1.54, 1.807) is 0 Å². The lowest BCUT2D eigenvalue weighted by Crippen LogP contribution is -2.19. The molecule has 1 amide bonds. The van der Waals surface area contributed by atoms with Crippen LogP contribution in [0, 0.1) is 0 Å². The largest absolute Gasteiger partial charge is 0.399 e. The van der Waals surface area contributed by atoms with Crippen molar-refractivity contribution in [3.63, 3.8) is 0 Å². The monoisotopic (exact) mass is 349 g/mol. The van der Waals surface area contributed by atoms with Crippen LogP contribution >= 0.6 is 7.60 Å². The number of carbonyl (C=O) groups is 1. The molecule has 23 heavy (non-hydrogen) atoms. The number of rotatable bonds is 9. The van der Waals surface area contributed by atoms with Gasteiger partial charge in [-0.05, 0) is 12.5 Å². The molecule has 0 aliphatic rings. The van der Waals surface area contributed by atoms with Crippen LogP contribution in [0.2, 0.25) is 0 Å². The quantitative estimate of drug-likeness (QED) is 0.460. The van der Waals surface area contributed by atoms with Gasteiger partial charge in [-0.25, -0.2) is 0 Å². The van der Waals surface area contributed by atoms with E-state index < -0.39 is 24.7 Å². The first-order chi connectivity index (χ1) is 10.7. The average Bonchev–Trinajstić information content (AvgIpc) is 2.46. The van der Waals surface area contributed by atoms with Crippen molar-refractivity contribution in [2.24, 2.45) is 0 Å². The van der Waals surface area contributed by atoms with Crippen molar-refractivity contribution in [1.29, 1.82) is 0 Å². The maximum atomic E-state index is 13.9. The van der Waals surface area contributed by atoms with Gasteiger partial charge in [-0.15, -0.1) is 0 Å². The zero-order chi connectivity index (χ0) is 17.5. The maximum absolute atomic E-state index is 13.9. The van der Waals surface area contributed by atoms with E-state index >= 15 is 0 Å². The summed E-state index contributed by atoms with van der Waals surface area (Å²) in [5.74, 6) is -0.449. The zero-order valence-electron chi connectivity index (χ0n) is 13.0. The van der Waals surface area contributed by atoms with Gasteiger partial charge in [-0.2, -0.15) is 8.78 Å². The summed E-state index contributed by atoms with van der Waals surface area (Å²) in [6.07, 6.45) is 4.87. The molecule has 0 aromatic heterocycles. The van der Waals surface area contributed by atoms with Crippen LogP contribution in [0.15, 0.2) is 24.3 Å². The molecule has 0 saturated heterocycles. The number of para-hydroxylation sites is 1. The number of anilines is 1. The number of alkyl halides is 2. The summed E-state index contributed by atoms with van der Waals surface area (Å²) in [6, 6.07) is 4.75. The lowest BCUT2D eigenvalue weighted by Gasteiger charge is -2.21. The zero-order valence-corrected chi connectivity index (χ0v) is 13.9. The van der Waals surface area contributed by atoms with Gasteiger partial charge in [0.2, 0.25) is 5.91 Å². The van der Waals surface area contributed by atoms with E-state index in [0.717, 1.165) is 31.7 Å². The highest BCUT2D eigenvalue weighted by atomic mass is 31.2. The van der Waals surface area contributed by atoms with Crippen LogP contribution in [0.1, 0.15) is 51.0 Å². The smallest absolute Gasteiger partial charge is 0.326 e. The first kappa shape index (κ1) is 19.7. The van der Waals surface area contributed by atoms with E-state index in [9.17, 15) is 18.1 Å². The predicted octanol–water partition coefficient (Wildman–Crippen LogP) is 4.21. The Morgan fingerprint density at radius 3 is 2.39 bits per heavy atom. The molecule has 0 bridgehead atoms. The minimum atomic E-state index is -5.68. The molecule has 130 valence electrons. The molecule has 1 aromatic carbocycles. The third-order valence-electron chi connectivity index (χ3n) is 3.40. The molecule has 1 aromatic rings. The molecular formula is C15H22F2NO4P. The van der Waals surface area contributed by atoms with Crippen LogP contribution in [0.4, 0.5) is 14.5 Å². The first-order valence-electron chi connectivity index (χ1n) is 7.53. The number of hydrogen-bond donors (Lipinski definition) is 3. The topological polar surface area (TPSA) is 86.6 Å². The van der Waals surface area contributed by atoms with Gasteiger partial charge in [-0.1, -0.05) is 50.8 Å². The molecule has 0 spiro atoms. The number of hydrogen-bond acceptors (Lipinski definition) is 2. The number of carbonyl (C=O) groups excluding carboxylic acids is 1. The van der Waals surface area contributed by atoms with Crippen molar-refractivity contribution in [3.8, 4) is 0 Å². The molecule has 0 saturated carbocycles. The molecule has 0 heterocycles. The molecule has 0 radical (unpaired) electrons. The third-order valence-corrected chi connectivity index (χ3v) is 4.37. The van der Waals surface area contributed by atoms with Crippen molar-refractivity contribution in [2.45, 2.75) is 51.1 Å². The van der Waals surface area contributed by atoms with Crippen LogP contribution in [0.25, 0.3) is 0 Å². The van der Waals surface area contributed by atoms with Gasteiger partial charge in [0.05, 0.1) is 11.3 Å². The van der Waals surface area contributed by atoms with E-state index in [0.29, 0.717) is 6.42 Å². The van der Waals surface area contributed by atoms with Crippen molar-refractivity contribution in [1.82, 2.24) is 0 Å². The molecule has 0 fully saturated rings. The van der Waals surface area contributed by atoms with Gasteiger partial charge in [-0.3, -0.25) is 9.36 Å². The molecule has 1 rings (SSSR count). The highest BCUT2D eigenvalue weighted by molar-refractivity contribution is 7.52. The van der Waals surface area contributed by atoms with Crippen molar-refractivity contribution >= 4 is 19.2 Å². The molecule has 0 atom stereocenters. The van der Waals surface area contributed by atoms with Crippen LogP contribution < -0.4 is 5.32 Å². The number of benzene rings is 1. The molecule has 8 heteroatoms. The molecule has 0 unspecified atom stereocenters. The minimum Gasteiger partial charge on any atom is -0.326 e. The SMILES string of the molecule is CCCCCCCC(=O)Nc1ccccc1C(F)(F)P(=O)(O)O. The summed E-state index contributed by atoms with van der Waals surface area (Å²) in [5.41, 5.74) is -5.51. The van der Waals surface area contributed by atoms with Crippen LogP contribution in [0.3, 0.4) is 0 Å². The van der Waals surface area contributed by atoms with Gasteiger partial charge in [0.15, 0.2) is 0 Å². The van der Waals surface area contributed by atoms with E-state index in [1.807, 2.05) is 0 Å². The van der Waals surface area contributed by atoms with Gasteiger partial charge >= 0.3 is 13.3 Å². The number of nitrogens with one attached hydrogen (secondary N) is 1. The second kappa shape index (κ2) is 8.52. The van der Waals surface area contributed by atoms with Gasteiger partial charge < -0.3 is 15.1 Å². The van der Waals surface area contributed by atoms with Gasteiger partial charge in [0, 0.05) is 6.42 Å². The van der Waals surface area contributed by atoms with E-state index in [1.165, 1.54) is 18.2 Å². The molecule has 5 nitrogen and oxygen atoms in total. The standard InChI is InChI=1S/C15H22F2NO4P/c1-2-3-4-5-6-11-14(19)18-13-10-8-7-9-12(13)15(16,17)23(20,21)22/h7-10H,2-6,11H2,1H3,(H,18,19)(H2,20,21,22). The molecule has 0 aliphatic carbocycles. The Kier molecular flexibility index (Phi) is 7.32. The Hall–Kier alpha value is -1.30. The minimum absolute atomic E-state index is 0.180. The fraction of sp³-hybridized carbons (Fsp3) is 0.533. The maximum Gasteiger partial charge on any atom is 0.399 e. The molecule has 0 aliphatic heterocycles. The Balaban J connectivity index is 2.75. The number of halogens is 2.